The van der Waals surface area contributed by atoms with Crippen LogP contribution < -0.4 is 4.72 Å². The number of nitrogens with one attached hydrogen (secondary N) is 1. The molecule has 1 aromatic carbocycles. The van der Waals surface area contributed by atoms with Crippen LogP contribution in [0.2, 0.25) is 5.02 Å². The maximum Gasteiger partial charge on any atom is 0.238 e. The average molecular weight is 366 g/mol. The summed E-state index contributed by atoms with van der Waals surface area (Å²) in [5.41, 5.74) is 0.660. The third kappa shape index (κ3) is 3.95. The topological polar surface area (TPSA) is 72.2 Å². The van der Waals surface area contributed by atoms with Crippen LogP contribution in [0.1, 0.15) is 11.5 Å². The van der Waals surface area contributed by atoms with Crippen LogP contribution in [0.25, 0.3) is 0 Å². The summed E-state index contributed by atoms with van der Waals surface area (Å²) < 4.78 is 31.9. The van der Waals surface area contributed by atoms with Gasteiger partial charge in [0.1, 0.15) is 17.2 Å². The number of hydrogen-bond acceptors (Lipinski definition) is 4. The first-order valence-corrected chi connectivity index (χ1v) is 8.06. The lowest BCUT2D eigenvalue weighted by Gasteiger charge is -2.08. The first-order chi connectivity index (χ1) is 8.85. The first-order valence-electron chi connectivity index (χ1n) is 5.23. The number of aromatic nitrogens is 1. The van der Waals surface area contributed by atoms with Crippen molar-refractivity contribution in [3.63, 3.8) is 0 Å². The van der Waals surface area contributed by atoms with E-state index in [0.29, 0.717) is 22.2 Å². The highest BCUT2D eigenvalue weighted by molar-refractivity contribution is 9.10. The van der Waals surface area contributed by atoms with E-state index >= 15 is 0 Å². The SMILES string of the molecule is Cc1cc(CS(=O)(=O)Nc2cc(Br)ccc2Cl)no1. The molecule has 0 aliphatic carbocycles. The molecule has 102 valence electrons. The molecule has 1 heterocycles. The smallest absolute Gasteiger partial charge is 0.238 e. The number of halogens is 2. The van der Waals surface area contributed by atoms with E-state index in [1.54, 1.807) is 31.2 Å². The van der Waals surface area contributed by atoms with Gasteiger partial charge in [0.2, 0.25) is 10.0 Å². The molecule has 19 heavy (non-hydrogen) atoms. The second kappa shape index (κ2) is 5.52. The van der Waals surface area contributed by atoms with Gasteiger partial charge in [0, 0.05) is 10.5 Å². The maximum atomic E-state index is 12.0. The van der Waals surface area contributed by atoms with Crippen LogP contribution in [-0.2, 0) is 15.8 Å². The van der Waals surface area contributed by atoms with Crippen LogP contribution in [0, 0.1) is 6.92 Å². The highest BCUT2D eigenvalue weighted by Crippen LogP contribution is 2.27. The lowest BCUT2D eigenvalue weighted by atomic mass is 10.3. The van der Waals surface area contributed by atoms with Crippen molar-refractivity contribution in [2.75, 3.05) is 4.72 Å². The molecule has 0 aliphatic heterocycles. The zero-order valence-electron chi connectivity index (χ0n) is 9.85. The van der Waals surface area contributed by atoms with Gasteiger partial charge in [-0.2, -0.15) is 0 Å². The molecule has 5 nitrogen and oxygen atoms in total. The Balaban J connectivity index is 2.19. The fraction of sp³-hybridized carbons (Fsp3) is 0.182. The zero-order chi connectivity index (χ0) is 14.0. The van der Waals surface area contributed by atoms with E-state index < -0.39 is 10.0 Å². The normalized spacial score (nSPS) is 11.5. The van der Waals surface area contributed by atoms with Gasteiger partial charge in [0.05, 0.1) is 10.7 Å². The standard InChI is InChI=1S/C11H10BrClN2O3S/c1-7-4-9(14-18-7)6-19(16,17)15-11-5-8(12)2-3-10(11)13/h2-5,15H,6H2,1H3. The van der Waals surface area contributed by atoms with E-state index in [-0.39, 0.29) is 5.75 Å². The fourth-order valence-electron chi connectivity index (χ4n) is 1.46. The highest BCUT2D eigenvalue weighted by Gasteiger charge is 2.16. The molecule has 0 atom stereocenters. The van der Waals surface area contributed by atoms with Gasteiger partial charge in [0.15, 0.2) is 0 Å². The molecule has 0 bridgehead atoms. The highest BCUT2D eigenvalue weighted by atomic mass is 79.9. The van der Waals surface area contributed by atoms with Gasteiger partial charge in [-0.3, -0.25) is 4.72 Å². The third-order valence-electron chi connectivity index (χ3n) is 2.21. The van der Waals surface area contributed by atoms with Gasteiger partial charge < -0.3 is 4.52 Å². The molecular formula is C11H10BrClN2O3S. The number of sulfonamides is 1. The Kier molecular flexibility index (Phi) is 4.17. The second-order valence-electron chi connectivity index (χ2n) is 3.91. The quantitative estimate of drug-likeness (QED) is 0.902. The Bertz CT molecular complexity index is 700. The molecule has 0 spiro atoms. The molecule has 0 amide bonds. The van der Waals surface area contributed by atoms with Crippen molar-refractivity contribution in [2.24, 2.45) is 0 Å². The van der Waals surface area contributed by atoms with E-state index in [2.05, 4.69) is 25.8 Å². The van der Waals surface area contributed by atoms with Crippen LogP contribution in [0.15, 0.2) is 33.3 Å². The fourth-order valence-corrected chi connectivity index (χ4v) is 3.14. The van der Waals surface area contributed by atoms with Crippen molar-refractivity contribution < 1.29 is 12.9 Å². The summed E-state index contributed by atoms with van der Waals surface area (Å²) in [6, 6.07) is 6.49. The Morgan fingerprint density at radius 1 is 1.42 bits per heavy atom. The van der Waals surface area contributed by atoms with Crippen LogP contribution in [0.4, 0.5) is 5.69 Å². The van der Waals surface area contributed by atoms with Crippen molar-refractivity contribution in [2.45, 2.75) is 12.7 Å². The average Bonchev–Trinajstić information content (AvgIpc) is 2.68. The van der Waals surface area contributed by atoms with Gasteiger partial charge in [0.25, 0.3) is 0 Å². The van der Waals surface area contributed by atoms with Crippen molar-refractivity contribution in [1.82, 2.24) is 5.16 Å². The number of nitrogens with zero attached hydrogens (tertiary/aromatic N) is 1. The molecule has 0 fully saturated rings. The molecule has 2 aromatic rings. The molecule has 0 radical (unpaired) electrons. The minimum Gasteiger partial charge on any atom is -0.361 e. The number of aryl methyl sites for hydroxylation is 1. The number of anilines is 1. The van der Waals surface area contributed by atoms with Gasteiger partial charge in [-0.1, -0.05) is 32.7 Å². The Hall–Kier alpha value is -1.05. The van der Waals surface area contributed by atoms with Gasteiger partial charge in [-0.05, 0) is 25.1 Å². The summed E-state index contributed by atoms with van der Waals surface area (Å²) in [5, 5.41) is 3.97. The third-order valence-corrected chi connectivity index (χ3v) is 4.24. The molecule has 1 N–H and O–H groups in total. The molecule has 0 aliphatic rings. The van der Waals surface area contributed by atoms with Crippen molar-refractivity contribution >= 4 is 43.2 Å². The number of benzene rings is 1. The van der Waals surface area contributed by atoms with E-state index in [1.807, 2.05) is 0 Å². The lowest BCUT2D eigenvalue weighted by Crippen LogP contribution is -2.15. The monoisotopic (exact) mass is 364 g/mol. The van der Waals surface area contributed by atoms with E-state index in [0.717, 1.165) is 4.47 Å². The van der Waals surface area contributed by atoms with Crippen LogP contribution >= 0.6 is 27.5 Å². The van der Waals surface area contributed by atoms with Gasteiger partial charge in [-0.25, -0.2) is 8.42 Å². The van der Waals surface area contributed by atoms with Crippen LogP contribution in [-0.4, -0.2) is 13.6 Å². The summed E-state index contributed by atoms with van der Waals surface area (Å²) >= 11 is 9.18. The summed E-state index contributed by atoms with van der Waals surface area (Å²) in [6.07, 6.45) is 0. The first kappa shape index (κ1) is 14.4. The van der Waals surface area contributed by atoms with Crippen LogP contribution in [0.3, 0.4) is 0 Å². The maximum absolute atomic E-state index is 12.0. The molecule has 1 aromatic heterocycles. The van der Waals surface area contributed by atoms with Gasteiger partial charge >= 0.3 is 0 Å². The molecule has 0 saturated heterocycles. The van der Waals surface area contributed by atoms with E-state index in [9.17, 15) is 8.42 Å². The molecule has 2 rings (SSSR count). The Morgan fingerprint density at radius 3 is 2.79 bits per heavy atom. The van der Waals surface area contributed by atoms with E-state index in [1.165, 1.54) is 0 Å². The van der Waals surface area contributed by atoms with Crippen LogP contribution in [0.5, 0.6) is 0 Å². The van der Waals surface area contributed by atoms with Crippen molar-refractivity contribution in [3.05, 3.63) is 45.2 Å². The Labute approximate surface area is 124 Å². The molecule has 8 heteroatoms. The largest absolute Gasteiger partial charge is 0.361 e. The summed E-state index contributed by atoms with van der Waals surface area (Å²) in [6.45, 7) is 1.70. The minimum atomic E-state index is -3.59. The zero-order valence-corrected chi connectivity index (χ0v) is 13.0. The molecule has 0 saturated carbocycles. The van der Waals surface area contributed by atoms with E-state index in [4.69, 9.17) is 16.1 Å². The number of hydrogen-bond donors (Lipinski definition) is 1. The predicted octanol–water partition coefficient (Wildman–Crippen LogP) is 3.34. The lowest BCUT2D eigenvalue weighted by molar-refractivity contribution is 0.392. The second-order valence-corrected chi connectivity index (χ2v) is 6.96. The summed E-state index contributed by atoms with van der Waals surface area (Å²) in [5.74, 6) is 0.290. The van der Waals surface area contributed by atoms with Crippen molar-refractivity contribution in [3.8, 4) is 0 Å². The van der Waals surface area contributed by atoms with Gasteiger partial charge in [-0.15, -0.1) is 0 Å². The molecule has 0 unspecified atom stereocenters. The molecular weight excluding hydrogens is 356 g/mol. The Morgan fingerprint density at radius 2 is 2.16 bits per heavy atom. The summed E-state index contributed by atoms with van der Waals surface area (Å²) in [7, 11) is -3.59. The minimum absolute atomic E-state index is 0.271. The summed E-state index contributed by atoms with van der Waals surface area (Å²) in [4.78, 5) is 0. The van der Waals surface area contributed by atoms with Crippen molar-refractivity contribution in [1.29, 1.82) is 0 Å². The predicted molar refractivity (Wildman–Crippen MR) is 76.6 cm³/mol. The number of rotatable bonds is 4.